The van der Waals surface area contributed by atoms with Crippen molar-refractivity contribution in [3.05, 3.63) is 30.1 Å². The Labute approximate surface area is 85.9 Å². The molecule has 2 N–H and O–H groups in total. The molecule has 1 aromatic rings. The summed E-state index contributed by atoms with van der Waals surface area (Å²) in [6, 6.07) is 4.40. The first kappa shape index (κ1) is 11.1. The smallest absolute Gasteiger partial charge is 0.0471 e. The zero-order valence-corrected chi connectivity index (χ0v) is 8.98. The Morgan fingerprint density at radius 1 is 1.29 bits per heavy atom. The zero-order valence-electron chi connectivity index (χ0n) is 8.98. The number of likely N-dealkylation sites (N-methyl/N-ethyl adjacent to an activating group) is 1. The van der Waals surface area contributed by atoms with Gasteiger partial charge in [-0.05, 0) is 30.8 Å². The molecule has 78 valence electrons. The Morgan fingerprint density at radius 2 is 1.86 bits per heavy atom. The van der Waals surface area contributed by atoms with Gasteiger partial charge in [-0.3, -0.25) is 9.88 Å². The third-order valence-electron chi connectivity index (χ3n) is 2.57. The predicted molar refractivity (Wildman–Crippen MR) is 59.0 cm³/mol. The van der Waals surface area contributed by atoms with Crippen molar-refractivity contribution in [2.75, 3.05) is 19.6 Å². The van der Waals surface area contributed by atoms with Gasteiger partial charge in [0.15, 0.2) is 0 Å². The summed E-state index contributed by atoms with van der Waals surface area (Å²) in [6.07, 6.45) is 3.64. The van der Waals surface area contributed by atoms with Crippen LogP contribution >= 0.6 is 0 Å². The molecular weight excluding hydrogens is 174 g/mol. The van der Waals surface area contributed by atoms with Crippen molar-refractivity contribution in [1.82, 2.24) is 9.88 Å². The van der Waals surface area contributed by atoms with Gasteiger partial charge in [0.1, 0.15) is 0 Å². The van der Waals surface area contributed by atoms with Crippen molar-refractivity contribution in [3.63, 3.8) is 0 Å². The molecule has 0 saturated heterocycles. The second kappa shape index (κ2) is 5.73. The first-order valence-corrected chi connectivity index (χ1v) is 5.17. The second-order valence-corrected chi connectivity index (χ2v) is 3.25. The normalized spacial score (nSPS) is 13.1. The minimum Gasteiger partial charge on any atom is -0.329 e. The largest absolute Gasteiger partial charge is 0.329 e. The van der Waals surface area contributed by atoms with E-state index in [1.807, 2.05) is 24.5 Å². The average Bonchev–Trinajstić information content (AvgIpc) is 2.27. The molecule has 1 rings (SSSR count). The molecule has 0 radical (unpaired) electrons. The third-order valence-corrected chi connectivity index (χ3v) is 2.57. The molecule has 0 spiro atoms. The molecule has 3 nitrogen and oxygen atoms in total. The van der Waals surface area contributed by atoms with Crippen molar-refractivity contribution in [1.29, 1.82) is 0 Å². The fourth-order valence-corrected chi connectivity index (χ4v) is 1.75. The molecule has 0 bridgehead atoms. The van der Waals surface area contributed by atoms with Crippen LogP contribution in [0.3, 0.4) is 0 Å². The number of hydrogen-bond donors (Lipinski definition) is 1. The summed E-state index contributed by atoms with van der Waals surface area (Å²) < 4.78 is 0. The van der Waals surface area contributed by atoms with E-state index in [0.717, 1.165) is 13.1 Å². The van der Waals surface area contributed by atoms with E-state index < -0.39 is 0 Å². The Balaban J connectivity index is 2.81. The molecular formula is C11H19N3. The summed E-state index contributed by atoms with van der Waals surface area (Å²) in [7, 11) is 0. The van der Waals surface area contributed by atoms with Crippen LogP contribution in [0.25, 0.3) is 0 Å². The SMILES string of the molecule is CCN(CC)C(CN)c1ccncc1. The van der Waals surface area contributed by atoms with Gasteiger partial charge in [0.25, 0.3) is 0 Å². The van der Waals surface area contributed by atoms with Crippen molar-refractivity contribution < 1.29 is 0 Å². The van der Waals surface area contributed by atoms with E-state index >= 15 is 0 Å². The lowest BCUT2D eigenvalue weighted by atomic mass is 10.1. The summed E-state index contributed by atoms with van der Waals surface area (Å²) in [5.41, 5.74) is 7.05. The standard InChI is InChI=1S/C11H19N3/c1-3-14(4-2)11(9-12)10-5-7-13-8-6-10/h5-8,11H,3-4,9,12H2,1-2H3. The second-order valence-electron chi connectivity index (χ2n) is 3.25. The summed E-state index contributed by atoms with van der Waals surface area (Å²) >= 11 is 0. The lowest BCUT2D eigenvalue weighted by molar-refractivity contribution is 0.224. The molecule has 0 aliphatic carbocycles. The van der Waals surface area contributed by atoms with Crippen molar-refractivity contribution in [3.8, 4) is 0 Å². The monoisotopic (exact) mass is 193 g/mol. The van der Waals surface area contributed by atoms with E-state index in [4.69, 9.17) is 5.73 Å². The van der Waals surface area contributed by atoms with Gasteiger partial charge in [-0.25, -0.2) is 0 Å². The number of pyridine rings is 1. The number of nitrogens with two attached hydrogens (primary N) is 1. The van der Waals surface area contributed by atoms with Gasteiger partial charge in [0.2, 0.25) is 0 Å². The van der Waals surface area contributed by atoms with Crippen LogP contribution in [-0.2, 0) is 0 Å². The van der Waals surface area contributed by atoms with Crippen molar-refractivity contribution in [2.24, 2.45) is 5.73 Å². The van der Waals surface area contributed by atoms with Gasteiger partial charge in [0, 0.05) is 25.0 Å². The number of aromatic nitrogens is 1. The predicted octanol–water partition coefficient (Wildman–Crippen LogP) is 1.42. The summed E-state index contributed by atoms with van der Waals surface area (Å²) in [5.74, 6) is 0. The third kappa shape index (κ3) is 2.53. The molecule has 0 saturated carbocycles. The van der Waals surface area contributed by atoms with E-state index in [-0.39, 0.29) is 0 Å². The van der Waals surface area contributed by atoms with E-state index in [0.29, 0.717) is 12.6 Å². The van der Waals surface area contributed by atoms with Crippen LogP contribution in [-0.4, -0.2) is 29.5 Å². The highest BCUT2D eigenvalue weighted by atomic mass is 15.2. The molecule has 1 aromatic heterocycles. The Bertz CT molecular complexity index is 244. The molecule has 1 atom stereocenters. The van der Waals surface area contributed by atoms with Gasteiger partial charge in [-0.1, -0.05) is 13.8 Å². The van der Waals surface area contributed by atoms with Crippen LogP contribution in [0.2, 0.25) is 0 Å². The van der Waals surface area contributed by atoms with Crippen LogP contribution in [0.15, 0.2) is 24.5 Å². The molecule has 0 aliphatic heterocycles. The maximum atomic E-state index is 5.79. The Hall–Kier alpha value is -0.930. The lowest BCUT2D eigenvalue weighted by Gasteiger charge is -2.28. The Morgan fingerprint density at radius 3 is 2.29 bits per heavy atom. The minimum atomic E-state index is 0.327. The number of rotatable bonds is 5. The highest BCUT2D eigenvalue weighted by Crippen LogP contribution is 2.17. The average molecular weight is 193 g/mol. The number of nitrogens with zero attached hydrogens (tertiary/aromatic N) is 2. The van der Waals surface area contributed by atoms with Gasteiger partial charge in [-0.15, -0.1) is 0 Å². The summed E-state index contributed by atoms with van der Waals surface area (Å²) in [4.78, 5) is 6.37. The zero-order chi connectivity index (χ0) is 10.4. The van der Waals surface area contributed by atoms with Gasteiger partial charge in [-0.2, -0.15) is 0 Å². The topological polar surface area (TPSA) is 42.1 Å². The van der Waals surface area contributed by atoms with Gasteiger partial charge in [0.05, 0.1) is 0 Å². The van der Waals surface area contributed by atoms with Crippen LogP contribution in [0, 0.1) is 0 Å². The molecule has 14 heavy (non-hydrogen) atoms. The van der Waals surface area contributed by atoms with E-state index in [9.17, 15) is 0 Å². The molecule has 1 unspecified atom stereocenters. The highest BCUT2D eigenvalue weighted by Gasteiger charge is 2.15. The fraction of sp³-hybridized carbons (Fsp3) is 0.545. The van der Waals surface area contributed by atoms with Crippen molar-refractivity contribution >= 4 is 0 Å². The van der Waals surface area contributed by atoms with Crippen LogP contribution < -0.4 is 5.73 Å². The molecule has 1 heterocycles. The molecule has 3 heteroatoms. The summed E-state index contributed by atoms with van der Waals surface area (Å²) in [6.45, 7) is 7.04. The lowest BCUT2D eigenvalue weighted by Crippen LogP contribution is -2.33. The fourth-order valence-electron chi connectivity index (χ4n) is 1.75. The maximum Gasteiger partial charge on any atom is 0.0471 e. The quantitative estimate of drug-likeness (QED) is 0.769. The molecule has 0 aliphatic rings. The van der Waals surface area contributed by atoms with E-state index in [1.54, 1.807) is 0 Å². The van der Waals surface area contributed by atoms with Gasteiger partial charge >= 0.3 is 0 Å². The minimum absolute atomic E-state index is 0.327. The maximum absolute atomic E-state index is 5.79. The van der Waals surface area contributed by atoms with Crippen LogP contribution in [0.1, 0.15) is 25.5 Å². The molecule has 0 aromatic carbocycles. The first-order chi connectivity index (χ1) is 6.83. The van der Waals surface area contributed by atoms with E-state index in [1.165, 1.54) is 5.56 Å². The first-order valence-electron chi connectivity index (χ1n) is 5.17. The van der Waals surface area contributed by atoms with Crippen LogP contribution in [0.5, 0.6) is 0 Å². The Kier molecular flexibility index (Phi) is 4.56. The van der Waals surface area contributed by atoms with Gasteiger partial charge < -0.3 is 5.73 Å². The number of hydrogen-bond acceptors (Lipinski definition) is 3. The molecule has 0 fully saturated rings. The van der Waals surface area contributed by atoms with E-state index in [2.05, 4.69) is 23.7 Å². The van der Waals surface area contributed by atoms with Crippen LogP contribution in [0.4, 0.5) is 0 Å². The summed E-state index contributed by atoms with van der Waals surface area (Å²) in [5, 5.41) is 0. The molecule has 0 amide bonds. The highest BCUT2D eigenvalue weighted by molar-refractivity contribution is 5.15. The van der Waals surface area contributed by atoms with Crippen molar-refractivity contribution in [2.45, 2.75) is 19.9 Å².